The molecule has 6 heteroatoms. The molecular formula is C10H15N3O3. The average molecular weight is 225 g/mol. The van der Waals surface area contributed by atoms with Crippen LogP contribution >= 0.6 is 0 Å². The Hall–Kier alpha value is -1.69. The minimum absolute atomic E-state index is 0.00815. The Morgan fingerprint density at radius 2 is 2.25 bits per heavy atom. The Labute approximate surface area is 93.7 Å². The van der Waals surface area contributed by atoms with E-state index >= 15 is 0 Å². The summed E-state index contributed by atoms with van der Waals surface area (Å²) in [5, 5.41) is 19.6. The van der Waals surface area contributed by atoms with Crippen molar-refractivity contribution in [1.82, 2.24) is 4.98 Å². The highest BCUT2D eigenvalue weighted by molar-refractivity contribution is 5.46. The molecule has 0 saturated carbocycles. The summed E-state index contributed by atoms with van der Waals surface area (Å²) in [7, 11) is 1.79. The Morgan fingerprint density at radius 1 is 1.62 bits per heavy atom. The van der Waals surface area contributed by atoms with Gasteiger partial charge in [-0.3, -0.25) is 10.1 Å². The molecule has 1 aromatic rings. The topological polar surface area (TPSA) is 79.5 Å². The second-order valence-electron chi connectivity index (χ2n) is 3.67. The van der Waals surface area contributed by atoms with E-state index in [1.807, 2.05) is 6.92 Å². The zero-order valence-corrected chi connectivity index (χ0v) is 9.54. The van der Waals surface area contributed by atoms with Gasteiger partial charge in [0, 0.05) is 13.1 Å². The summed E-state index contributed by atoms with van der Waals surface area (Å²) in [5.41, 5.74) is 0.383. The number of nitro groups is 1. The van der Waals surface area contributed by atoms with Crippen LogP contribution in [0.2, 0.25) is 0 Å². The first kappa shape index (κ1) is 12.4. The number of likely N-dealkylation sites (N-methyl/N-ethyl adjacent to an activating group) is 1. The van der Waals surface area contributed by atoms with Crippen molar-refractivity contribution in [2.75, 3.05) is 18.6 Å². The van der Waals surface area contributed by atoms with E-state index in [1.165, 1.54) is 6.07 Å². The fourth-order valence-corrected chi connectivity index (χ4v) is 1.28. The van der Waals surface area contributed by atoms with Crippen molar-refractivity contribution in [3.63, 3.8) is 0 Å². The summed E-state index contributed by atoms with van der Waals surface area (Å²) >= 11 is 0. The molecule has 0 radical (unpaired) electrons. The predicted octanol–water partition coefficient (Wildman–Crippen LogP) is 1.12. The van der Waals surface area contributed by atoms with Gasteiger partial charge >= 0.3 is 0 Å². The minimum atomic E-state index is -0.457. The largest absolute Gasteiger partial charge is 0.394 e. The van der Waals surface area contributed by atoms with E-state index in [-0.39, 0.29) is 18.3 Å². The Bertz CT molecular complexity index is 395. The molecule has 1 rings (SSSR count). The maximum atomic E-state index is 10.6. The highest BCUT2D eigenvalue weighted by Gasteiger charge is 2.15. The van der Waals surface area contributed by atoms with E-state index in [0.29, 0.717) is 11.5 Å². The quantitative estimate of drug-likeness (QED) is 0.613. The number of pyridine rings is 1. The fraction of sp³-hybridized carbons (Fsp3) is 0.500. The van der Waals surface area contributed by atoms with Crippen LogP contribution in [-0.4, -0.2) is 34.7 Å². The third-order valence-electron chi connectivity index (χ3n) is 2.53. The number of anilines is 1. The number of aryl methyl sites for hydroxylation is 1. The molecule has 88 valence electrons. The molecule has 0 aromatic carbocycles. The van der Waals surface area contributed by atoms with Gasteiger partial charge < -0.3 is 10.0 Å². The monoisotopic (exact) mass is 225 g/mol. The van der Waals surface area contributed by atoms with Gasteiger partial charge in [-0.1, -0.05) is 0 Å². The lowest BCUT2D eigenvalue weighted by molar-refractivity contribution is -0.385. The predicted molar refractivity (Wildman–Crippen MR) is 60.6 cm³/mol. The van der Waals surface area contributed by atoms with Gasteiger partial charge in [0.2, 0.25) is 0 Å². The van der Waals surface area contributed by atoms with Gasteiger partial charge in [0.1, 0.15) is 11.5 Å². The highest BCUT2D eigenvalue weighted by Crippen LogP contribution is 2.20. The highest BCUT2D eigenvalue weighted by atomic mass is 16.6. The van der Waals surface area contributed by atoms with E-state index in [9.17, 15) is 10.1 Å². The molecule has 0 fully saturated rings. The molecular weight excluding hydrogens is 210 g/mol. The van der Waals surface area contributed by atoms with Gasteiger partial charge in [0.25, 0.3) is 5.69 Å². The van der Waals surface area contributed by atoms with Crippen LogP contribution in [0.25, 0.3) is 0 Å². The van der Waals surface area contributed by atoms with Crippen LogP contribution in [0.3, 0.4) is 0 Å². The van der Waals surface area contributed by atoms with E-state index in [0.717, 1.165) is 0 Å². The number of aliphatic hydroxyl groups excluding tert-OH is 1. The number of hydrogen-bond donors (Lipinski definition) is 1. The first-order valence-electron chi connectivity index (χ1n) is 4.93. The molecule has 1 atom stereocenters. The third-order valence-corrected chi connectivity index (χ3v) is 2.53. The summed E-state index contributed by atoms with van der Waals surface area (Å²) in [4.78, 5) is 16.1. The van der Waals surface area contributed by atoms with Gasteiger partial charge in [-0.25, -0.2) is 4.98 Å². The number of rotatable bonds is 4. The second-order valence-corrected chi connectivity index (χ2v) is 3.67. The molecule has 16 heavy (non-hydrogen) atoms. The Balaban J connectivity index is 3.01. The SMILES string of the molecule is Cc1nc(N(C)[C@@H](C)CO)ccc1[N+](=O)[O-]. The molecule has 0 aliphatic carbocycles. The van der Waals surface area contributed by atoms with E-state index in [4.69, 9.17) is 5.11 Å². The van der Waals surface area contributed by atoms with Crippen LogP contribution in [0, 0.1) is 17.0 Å². The summed E-state index contributed by atoms with van der Waals surface area (Å²) in [6.07, 6.45) is 0. The van der Waals surface area contributed by atoms with E-state index in [2.05, 4.69) is 4.98 Å². The Kier molecular flexibility index (Phi) is 3.78. The van der Waals surface area contributed by atoms with Crippen molar-refractivity contribution >= 4 is 11.5 Å². The molecule has 0 saturated heterocycles. The Morgan fingerprint density at radius 3 is 2.69 bits per heavy atom. The van der Waals surface area contributed by atoms with Crippen LogP contribution in [0.5, 0.6) is 0 Å². The number of hydrogen-bond acceptors (Lipinski definition) is 5. The van der Waals surface area contributed by atoms with Crippen molar-refractivity contribution in [2.45, 2.75) is 19.9 Å². The van der Waals surface area contributed by atoms with E-state index < -0.39 is 4.92 Å². The zero-order chi connectivity index (χ0) is 12.3. The fourth-order valence-electron chi connectivity index (χ4n) is 1.28. The standard InChI is InChI=1S/C10H15N3O3/c1-7(6-14)12(3)10-5-4-9(13(15)16)8(2)11-10/h4-5,7,14H,6H2,1-3H3/t7-/m0/s1. The molecule has 0 unspecified atom stereocenters. The molecule has 0 aliphatic rings. The molecule has 1 aromatic heterocycles. The lowest BCUT2D eigenvalue weighted by Gasteiger charge is -2.24. The van der Waals surface area contributed by atoms with Crippen molar-refractivity contribution in [3.05, 3.63) is 27.9 Å². The molecule has 0 spiro atoms. The molecule has 6 nitrogen and oxygen atoms in total. The van der Waals surface area contributed by atoms with Crippen molar-refractivity contribution < 1.29 is 10.0 Å². The summed E-state index contributed by atoms with van der Waals surface area (Å²) in [6, 6.07) is 2.93. The normalized spacial score (nSPS) is 12.2. The van der Waals surface area contributed by atoms with Crippen molar-refractivity contribution in [1.29, 1.82) is 0 Å². The van der Waals surface area contributed by atoms with Gasteiger partial charge in [0.15, 0.2) is 0 Å². The van der Waals surface area contributed by atoms with Crippen LogP contribution in [0.4, 0.5) is 11.5 Å². The van der Waals surface area contributed by atoms with Gasteiger partial charge in [-0.15, -0.1) is 0 Å². The van der Waals surface area contributed by atoms with Crippen LogP contribution in [0.15, 0.2) is 12.1 Å². The van der Waals surface area contributed by atoms with Crippen molar-refractivity contribution in [2.24, 2.45) is 0 Å². The summed E-state index contributed by atoms with van der Waals surface area (Å²) in [5.74, 6) is 0.615. The van der Waals surface area contributed by atoms with Crippen molar-refractivity contribution in [3.8, 4) is 0 Å². The average Bonchev–Trinajstić information content (AvgIpc) is 2.26. The first-order valence-corrected chi connectivity index (χ1v) is 4.93. The number of aliphatic hydroxyl groups is 1. The van der Waals surface area contributed by atoms with Gasteiger partial charge in [-0.05, 0) is 19.9 Å². The smallest absolute Gasteiger partial charge is 0.290 e. The lowest BCUT2D eigenvalue weighted by atomic mass is 10.2. The summed E-state index contributed by atoms with van der Waals surface area (Å²) in [6.45, 7) is 3.45. The lowest BCUT2D eigenvalue weighted by Crippen LogP contribution is -2.32. The molecule has 0 bridgehead atoms. The summed E-state index contributed by atoms with van der Waals surface area (Å²) < 4.78 is 0. The van der Waals surface area contributed by atoms with Gasteiger partial charge in [0.05, 0.1) is 17.6 Å². The first-order chi connectivity index (χ1) is 7.47. The van der Waals surface area contributed by atoms with Gasteiger partial charge in [-0.2, -0.15) is 0 Å². The van der Waals surface area contributed by atoms with Crippen LogP contribution in [-0.2, 0) is 0 Å². The molecule has 1 heterocycles. The molecule has 0 aliphatic heterocycles. The maximum Gasteiger partial charge on any atom is 0.290 e. The minimum Gasteiger partial charge on any atom is -0.394 e. The number of aromatic nitrogens is 1. The second kappa shape index (κ2) is 4.89. The van der Waals surface area contributed by atoms with Crippen LogP contribution < -0.4 is 4.90 Å². The molecule has 0 amide bonds. The maximum absolute atomic E-state index is 10.6. The zero-order valence-electron chi connectivity index (χ0n) is 9.54. The number of nitrogens with zero attached hydrogens (tertiary/aromatic N) is 3. The molecule has 1 N–H and O–H groups in total. The van der Waals surface area contributed by atoms with Crippen LogP contribution in [0.1, 0.15) is 12.6 Å². The van der Waals surface area contributed by atoms with E-state index in [1.54, 1.807) is 24.9 Å². The third kappa shape index (κ3) is 2.46.